The number of furan rings is 1. The minimum Gasteiger partial charge on any atom is -0.467 e. The third-order valence-corrected chi connectivity index (χ3v) is 5.32. The van der Waals surface area contributed by atoms with E-state index in [9.17, 15) is 9.59 Å². The lowest BCUT2D eigenvalue weighted by Crippen LogP contribution is -2.35. The lowest BCUT2D eigenvalue weighted by molar-refractivity contribution is -0.136. The zero-order valence-corrected chi connectivity index (χ0v) is 17.1. The van der Waals surface area contributed by atoms with E-state index in [1.807, 2.05) is 0 Å². The molecule has 0 aliphatic carbocycles. The Bertz CT molecular complexity index is 1190. The van der Waals surface area contributed by atoms with Gasteiger partial charge in [0.05, 0.1) is 31.4 Å². The first-order chi connectivity index (χ1) is 14.4. The Morgan fingerprint density at radius 2 is 2.00 bits per heavy atom. The zero-order chi connectivity index (χ0) is 21.4. The Morgan fingerprint density at radius 1 is 1.27 bits per heavy atom. The molecule has 8 heteroatoms. The average molecular weight is 427 g/mol. The van der Waals surface area contributed by atoms with E-state index in [0.717, 1.165) is 0 Å². The molecule has 2 N–H and O–H groups in total. The topological polar surface area (TPSA) is 96.7 Å². The smallest absolute Gasteiger partial charge is 0.340 e. The fraction of sp³-hybridized carbons (Fsp3) is 0.182. The van der Waals surface area contributed by atoms with E-state index in [1.54, 1.807) is 60.2 Å². The van der Waals surface area contributed by atoms with Crippen LogP contribution in [0.15, 0.2) is 69.4 Å². The molecular formula is C22H19ClN2O5. The van der Waals surface area contributed by atoms with E-state index in [2.05, 4.69) is 0 Å². The molecule has 2 aromatic heterocycles. The predicted molar refractivity (Wildman–Crippen MR) is 110 cm³/mol. The van der Waals surface area contributed by atoms with E-state index in [4.69, 9.17) is 31.2 Å². The number of carbonyl (C=O) groups excluding carboxylic acids is 1. The summed E-state index contributed by atoms with van der Waals surface area (Å²) in [5, 5.41) is 0.529. The summed E-state index contributed by atoms with van der Waals surface area (Å²) in [7, 11) is 1.25. The second-order valence-electron chi connectivity index (χ2n) is 6.89. The number of esters is 1. The van der Waals surface area contributed by atoms with Gasteiger partial charge in [0.25, 0.3) is 5.56 Å². The minimum absolute atomic E-state index is 0.0674. The van der Waals surface area contributed by atoms with Gasteiger partial charge in [-0.3, -0.25) is 4.79 Å². The highest BCUT2D eigenvalue weighted by atomic mass is 35.5. The number of rotatable bonds is 4. The van der Waals surface area contributed by atoms with Crippen LogP contribution in [-0.2, 0) is 16.1 Å². The summed E-state index contributed by atoms with van der Waals surface area (Å²) in [5.74, 6) is -0.608. The fourth-order valence-corrected chi connectivity index (χ4v) is 3.76. The molecule has 0 amide bonds. The van der Waals surface area contributed by atoms with Crippen molar-refractivity contribution in [1.29, 1.82) is 0 Å². The maximum Gasteiger partial charge on any atom is 0.340 e. The van der Waals surface area contributed by atoms with Crippen LogP contribution in [0, 0.1) is 6.92 Å². The molecule has 0 spiro atoms. The molecule has 3 heterocycles. The highest BCUT2D eigenvalue weighted by molar-refractivity contribution is 6.30. The van der Waals surface area contributed by atoms with Crippen LogP contribution in [0.4, 0.5) is 0 Å². The van der Waals surface area contributed by atoms with Crippen molar-refractivity contribution >= 4 is 17.6 Å². The van der Waals surface area contributed by atoms with E-state index in [0.29, 0.717) is 33.4 Å². The number of aryl methyl sites for hydroxylation is 1. The average Bonchev–Trinajstić information content (AvgIpc) is 3.23. The number of nitrogens with two attached hydrogens (primary N) is 1. The van der Waals surface area contributed by atoms with Crippen LogP contribution in [-0.4, -0.2) is 17.6 Å². The van der Waals surface area contributed by atoms with Crippen LogP contribution < -0.4 is 16.0 Å². The molecule has 1 aliphatic rings. The van der Waals surface area contributed by atoms with Crippen LogP contribution >= 0.6 is 11.6 Å². The molecule has 0 fully saturated rings. The van der Waals surface area contributed by atoms with Gasteiger partial charge in [0.15, 0.2) is 0 Å². The SMILES string of the molecule is COC(=O)C1=C(N)Oc2cc(C)n(Cc3ccco3)c(=O)c2C1c1ccc(Cl)cc1. The first kappa shape index (κ1) is 19.8. The highest BCUT2D eigenvalue weighted by Crippen LogP contribution is 2.41. The lowest BCUT2D eigenvalue weighted by atomic mass is 9.83. The van der Waals surface area contributed by atoms with Gasteiger partial charge in [0, 0.05) is 16.8 Å². The van der Waals surface area contributed by atoms with Crippen LogP contribution in [0.1, 0.15) is 28.5 Å². The number of methoxy groups -OCH3 is 1. The maximum absolute atomic E-state index is 13.6. The van der Waals surface area contributed by atoms with Gasteiger partial charge in [-0.05, 0) is 36.8 Å². The molecule has 154 valence electrons. The fourth-order valence-electron chi connectivity index (χ4n) is 3.64. The van der Waals surface area contributed by atoms with Crippen LogP contribution in [0.25, 0.3) is 0 Å². The standard InChI is InChI=1S/C22H19ClN2O5/c1-12-10-16-18(21(26)25(12)11-15-4-3-9-29-15)17(13-5-7-14(23)8-6-13)19(20(24)30-16)22(27)28-2/h3-10,17H,11,24H2,1-2H3. The molecular weight excluding hydrogens is 408 g/mol. The largest absolute Gasteiger partial charge is 0.467 e. The lowest BCUT2D eigenvalue weighted by Gasteiger charge is -2.28. The van der Waals surface area contributed by atoms with Gasteiger partial charge in [0.1, 0.15) is 17.1 Å². The summed E-state index contributed by atoms with van der Waals surface area (Å²) in [4.78, 5) is 26.1. The number of fused-ring (bicyclic) bond motifs is 1. The van der Waals surface area contributed by atoms with E-state index < -0.39 is 11.9 Å². The maximum atomic E-state index is 13.6. The van der Waals surface area contributed by atoms with Crippen molar-refractivity contribution in [2.45, 2.75) is 19.4 Å². The second-order valence-corrected chi connectivity index (χ2v) is 7.33. The number of pyridine rings is 1. The number of aromatic nitrogens is 1. The summed E-state index contributed by atoms with van der Waals surface area (Å²) >= 11 is 6.03. The van der Waals surface area contributed by atoms with Gasteiger partial charge in [0.2, 0.25) is 5.88 Å². The number of carbonyl (C=O) groups is 1. The summed E-state index contributed by atoms with van der Waals surface area (Å²) < 4.78 is 17.6. The van der Waals surface area contributed by atoms with Crippen LogP contribution in [0.5, 0.6) is 5.75 Å². The molecule has 7 nitrogen and oxygen atoms in total. The number of ether oxygens (including phenoxy) is 2. The van der Waals surface area contributed by atoms with Crippen LogP contribution in [0.2, 0.25) is 5.02 Å². The van der Waals surface area contributed by atoms with Crippen molar-refractivity contribution < 1.29 is 18.7 Å². The predicted octanol–water partition coefficient (Wildman–Crippen LogP) is 3.32. The summed E-state index contributed by atoms with van der Waals surface area (Å²) in [6.07, 6.45) is 1.55. The number of nitrogens with zero attached hydrogens (tertiary/aromatic N) is 1. The van der Waals surface area contributed by atoms with Crippen molar-refractivity contribution in [3.63, 3.8) is 0 Å². The van der Waals surface area contributed by atoms with Gasteiger partial charge < -0.3 is 24.2 Å². The Morgan fingerprint density at radius 3 is 2.63 bits per heavy atom. The molecule has 1 unspecified atom stereocenters. The Balaban J connectivity index is 1.95. The van der Waals surface area contributed by atoms with Crippen molar-refractivity contribution in [1.82, 2.24) is 4.57 Å². The molecule has 0 bridgehead atoms. The van der Waals surface area contributed by atoms with Gasteiger partial charge in [-0.15, -0.1) is 0 Å². The summed E-state index contributed by atoms with van der Waals surface area (Å²) in [6.45, 7) is 2.03. The molecule has 30 heavy (non-hydrogen) atoms. The van der Waals surface area contributed by atoms with E-state index >= 15 is 0 Å². The molecule has 0 saturated heterocycles. The number of hydrogen-bond donors (Lipinski definition) is 1. The molecule has 1 aliphatic heterocycles. The normalized spacial score (nSPS) is 15.5. The third kappa shape index (κ3) is 3.37. The van der Waals surface area contributed by atoms with Crippen molar-refractivity contribution in [2.75, 3.05) is 7.11 Å². The molecule has 0 saturated carbocycles. The molecule has 4 rings (SSSR count). The van der Waals surface area contributed by atoms with Crippen molar-refractivity contribution in [2.24, 2.45) is 5.73 Å². The third-order valence-electron chi connectivity index (χ3n) is 5.07. The van der Waals surface area contributed by atoms with Crippen molar-refractivity contribution in [3.8, 4) is 5.75 Å². The number of benzene rings is 1. The van der Waals surface area contributed by atoms with Gasteiger partial charge in [-0.1, -0.05) is 23.7 Å². The van der Waals surface area contributed by atoms with E-state index in [-0.39, 0.29) is 23.6 Å². The Hall–Kier alpha value is -3.45. The molecule has 0 radical (unpaired) electrons. The zero-order valence-electron chi connectivity index (χ0n) is 16.3. The monoisotopic (exact) mass is 426 g/mol. The minimum atomic E-state index is -0.769. The van der Waals surface area contributed by atoms with Gasteiger partial charge in [-0.2, -0.15) is 0 Å². The molecule has 3 aromatic rings. The first-order valence-electron chi connectivity index (χ1n) is 9.18. The molecule has 1 atom stereocenters. The number of hydrogen-bond acceptors (Lipinski definition) is 6. The quantitative estimate of drug-likeness (QED) is 0.643. The first-order valence-corrected chi connectivity index (χ1v) is 9.56. The Kier molecular flexibility index (Phi) is 5.13. The Labute approximate surface area is 177 Å². The van der Waals surface area contributed by atoms with Gasteiger partial charge in [-0.25, -0.2) is 4.79 Å². The van der Waals surface area contributed by atoms with Gasteiger partial charge >= 0.3 is 5.97 Å². The van der Waals surface area contributed by atoms with Crippen LogP contribution in [0.3, 0.4) is 0 Å². The van der Waals surface area contributed by atoms with Crippen molar-refractivity contribution in [3.05, 3.63) is 98.1 Å². The summed E-state index contributed by atoms with van der Waals surface area (Å²) in [5.41, 5.74) is 7.47. The number of halogens is 1. The summed E-state index contributed by atoms with van der Waals surface area (Å²) in [6, 6.07) is 12.1. The second kappa shape index (κ2) is 7.76. The highest BCUT2D eigenvalue weighted by Gasteiger charge is 2.38. The molecule has 1 aromatic carbocycles. The van der Waals surface area contributed by atoms with E-state index in [1.165, 1.54) is 7.11 Å².